The Bertz CT molecular complexity index is 793. The highest BCUT2D eigenvalue weighted by molar-refractivity contribution is 5.93. The lowest BCUT2D eigenvalue weighted by molar-refractivity contribution is -0.0112. The number of hydrogen-bond acceptors (Lipinski definition) is 4. The van der Waals surface area contributed by atoms with Crippen LogP contribution in [0.25, 0.3) is 0 Å². The first kappa shape index (κ1) is 17.4. The monoisotopic (exact) mass is 371 g/mol. The molecule has 1 saturated heterocycles. The molecule has 4 aliphatic carbocycles. The van der Waals surface area contributed by atoms with E-state index in [0.29, 0.717) is 13.0 Å². The van der Waals surface area contributed by atoms with E-state index in [0.717, 1.165) is 49.3 Å². The summed E-state index contributed by atoms with van der Waals surface area (Å²) in [5.41, 5.74) is -1.09. The lowest BCUT2D eigenvalue weighted by Gasteiger charge is -2.56. The van der Waals surface area contributed by atoms with E-state index in [-0.39, 0.29) is 29.0 Å². The fraction of sp³-hybridized carbons (Fsp3) is 0.762. The zero-order chi connectivity index (χ0) is 18.8. The molecule has 6 rings (SSSR count). The van der Waals surface area contributed by atoms with Gasteiger partial charge in [-0.25, -0.2) is 4.98 Å². The van der Waals surface area contributed by atoms with E-state index in [1.165, 1.54) is 25.5 Å². The Morgan fingerprint density at radius 3 is 2.41 bits per heavy atom. The number of hydrogen-bond donors (Lipinski definition) is 2. The highest BCUT2D eigenvalue weighted by atomic mass is 16.3. The molecule has 1 aliphatic heterocycles. The molecule has 1 atom stereocenters. The number of aromatic nitrogens is 2. The lowest BCUT2D eigenvalue weighted by Crippen LogP contribution is -2.51. The van der Waals surface area contributed by atoms with Gasteiger partial charge in [0.25, 0.3) is 11.5 Å². The zero-order valence-electron chi connectivity index (χ0n) is 16.0. The fourth-order valence-electron chi connectivity index (χ4n) is 6.78. The van der Waals surface area contributed by atoms with Gasteiger partial charge >= 0.3 is 0 Å². The number of nitrogens with one attached hydrogen (secondary N) is 1. The molecule has 4 saturated carbocycles. The first-order valence-corrected chi connectivity index (χ1v) is 10.5. The third-order valence-electron chi connectivity index (χ3n) is 7.53. The second-order valence-corrected chi connectivity index (χ2v) is 10.00. The Balaban J connectivity index is 1.41. The Hall–Kier alpha value is -1.69. The SMILES string of the molecule is C[C@]1(O)CCCN(C(=O)c2cnc(C34CC5CC(CC(C5)C3)C4)[nH]c2=O)C1. The van der Waals surface area contributed by atoms with Gasteiger partial charge in [0.1, 0.15) is 11.4 Å². The molecule has 0 aromatic carbocycles. The van der Waals surface area contributed by atoms with Crippen molar-refractivity contribution in [3.05, 3.63) is 27.9 Å². The van der Waals surface area contributed by atoms with Crippen LogP contribution < -0.4 is 5.56 Å². The maximum absolute atomic E-state index is 12.8. The van der Waals surface area contributed by atoms with Crippen LogP contribution in [0.2, 0.25) is 0 Å². The number of amides is 1. The summed E-state index contributed by atoms with van der Waals surface area (Å²) in [4.78, 5) is 34.8. The summed E-state index contributed by atoms with van der Waals surface area (Å²) in [6, 6.07) is 0. The topological polar surface area (TPSA) is 86.3 Å². The van der Waals surface area contributed by atoms with Gasteiger partial charge in [0.15, 0.2) is 0 Å². The largest absolute Gasteiger partial charge is 0.388 e. The maximum Gasteiger partial charge on any atom is 0.263 e. The van der Waals surface area contributed by atoms with Crippen LogP contribution >= 0.6 is 0 Å². The molecule has 2 N–H and O–H groups in total. The summed E-state index contributed by atoms with van der Waals surface area (Å²) in [5, 5.41) is 10.3. The van der Waals surface area contributed by atoms with Gasteiger partial charge in [-0.3, -0.25) is 9.59 Å². The first-order chi connectivity index (χ1) is 12.8. The zero-order valence-corrected chi connectivity index (χ0v) is 16.0. The lowest BCUT2D eigenvalue weighted by atomic mass is 9.49. The van der Waals surface area contributed by atoms with E-state index in [2.05, 4.69) is 9.97 Å². The minimum absolute atomic E-state index is 0.0181. The number of likely N-dealkylation sites (tertiary alicyclic amines) is 1. The van der Waals surface area contributed by atoms with Gasteiger partial charge in [0, 0.05) is 24.7 Å². The van der Waals surface area contributed by atoms with E-state index in [4.69, 9.17) is 0 Å². The predicted molar refractivity (Wildman–Crippen MR) is 100 cm³/mol. The van der Waals surface area contributed by atoms with Crippen LogP contribution in [0.4, 0.5) is 0 Å². The van der Waals surface area contributed by atoms with Crippen molar-refractivity contribution in [2.45, 2.75) is 69.3 Å². The van der Waals surface area contributed by atoms with Crippen molar-refractivity contribution in [1.29, 1.82) is 0 Å². The molecule has 27 heavy (non-hydrogen) atoms. The number of piperidine rings is 1. The smallest absolute Gasteiger partial charge is 0.263 e. The van der Waals surface area contributed by atoms with Crippen LogP contribution in [0.1, 0.15) is 74.5 Å². The quantitative estimate of drug-likeness (QED) is 0.835. The number of carbonyl (C=O) groups excluding carboxylic acids is 1. The molecular formula is C21H29N3O3. The molecule has 0 spiro atoms. The van der Waals surface area contributed by atoms with Crippen LogP contribution in [0, 0.1) is 17.8 Å². The summed E-state index contributed by atoms with van der Waals surface area (Å²) in [6.07, 6.45) is 10.3. The van der Waals surface area contributed by atoms with E-state index >= 15 is 0 Å². The minimum Gasteiger partial charge on any atom is -0.388 e. The van der Waals surface area contributed by atoms with Crippen molar-refractivity contribution >= 4 is 5.91 Å². The molecule has 1 aromatic heterocycles. The molecule has 2 heterocycles. The Morgan fingerprint density at radius 2 is 1.85 bits per heavy atom. The molecular weight excluding hydrogens is 342 g/mol. The summed E-state index contributed by atoms with van der Waals surface area (Å²) < 4.78 is 0. The minimum atomic E-state index is -0.882. The third kappa shape index (κ3) is 2.93. The summed E-state index contributed by atoms with van der Waals surface area (Å²) in [6.45, 7) is 2.58. The van der Waals surface area contributed by atoms with Gasteiger partial charge in [0.2, 0.25) is 0 Å². The molecule has 5 fully saturated rings. The molecule has 6 nitrogen and oxygen atoms in total. The number of H-pyrrole nitrogens is 1. The molecule has 5 aliphatic rings. The van der Waals surface area contributed by atoms with Gasteiger partial charge in [-0.2, -0.15) is 0 Å². The third-order valence-corrected chi connectivity index (χ3v) is 7.53. The number of β-amino-alcohol motifs (C(OH)–C–C–N with tert-alkyl or cyclic N) is 1. The van der Waals surface area contributed by atoms with Gasteiger partial charge in [-0.05, 0) is 76.0 Å². The van der Waals surface area contributed by atoms with Crippen molar-refractivity contribution in [2.75, 3.05) is 13.1 Å². The van der Waals surface area contributed by atoms with E-state index in [1.807, 2.05) is 0 Å². The summed E-state index contributed by atoms with van der Waals surface area (Å²) in [5.74, 6) is 2.81. The van der Waals surface area contributed by atoms with E-state index < -0.39 is 5.60 Å². The van der Waals surface area contributed by atoms with Crippen molar-refractivity contribution in [2.24, 2.45) is 17.8 Å². The van der Waals surface area contributed by atoms with Gasteiger partial charge in [0.05, 0.1) is 5.60 Å². The van der Waals surface area contributed by atoms with Gasteiger partial charge in [-0.1, -0.05) is 0 Å². The van der Waals surface area contributed by atoms with Crippen molar-refractivity contribution < 1.29 is 9.90 Å². The average Bonchev–Trinajstić information content (AvgIpc) is 2.59. The Kier molecular flexibility index (Phi) is 3.81. The van der Waals surface area contributed by atoms with Crippen LogP contribution in [0.15, 0.2) is 11.0 Å². The Morgan fingerprint density at radius 1 is 1.22 bits per heavy atom. The number of aliphatic hydroxyl groups is 1. The predicted octanol–water partition coefficient (Wildman–Crippen LogP) is 2.22. The van der Waals surface area contributed by atoms with Crippen molar-refractivity contribution in [1.82, 2.24) is 14.9 Å². The van der Waals surface area contributed by atoms with Crippen molar-refractivity contribution in [3.63, 3.8) is 0 Å². The number of rotatable bonds is 2. The molecule has 1 aromatic rings. The van der Waals surface area contributed by atoms with Crippen LogP contribution in [0.5, 0.6) is 0 Å². The highest BCUT2D eigenvalue weighted by Gasteiger charge is 2.53. The van der Waals surface area contributed by atoms with E-state index in [1.54, 1.807) is 11.8 Å². The van der Waals surface area contributed by atoms with Crippen LogP contribution in [-0.4, -0.2) is 44.6 Å². The fourth-order valence-corrected chi connectivity index (χ4v) is 6.78. The normalized spacial score (nSPS) is 40.4. The second-order valence-electron chi connectivity index (χ2n) is 10.00. The van der Waals surface area contributed by atoms with Crippen LogP contribution in [0.3, 0.4) is 0 Å². The highest BCUT2D eigenvalue weighted by Crippen LogP contribution is 2.59. The number of carbonyl (C=O) groups is 1. The van der Waals surface area contributed by atoms with Gasteiger partial charge in [-0.15, -0.1) is 0 Å². The Labute approximate surface area is 159 Å². The molecule has 4 bridgehead atoms. The number of aromatic amines is 1. The average molecular weight is 371 g/mol. The molecule has 1 amide bonds. The first-order valence-electron chi connectivity index (χ1n) is 10.5. The number of nitrogens with zero attached hydrogens (tertiary/aromatic N) is 2. The summed E-state index contributed by atoms with van der Waals surface area (Å²) >= 11 is 0. The molecule has 0 unspecified atom stereocenters. The van der Waals surface area contributed by atoms with E-state index in [9.17, 15) is 14.7 Å². The molecule has 6 heteroatoms. The standard InChI is InChI=1S/C21H29N3O3/c1-20(27)3-2-4-24(12-20)18(26)16-11-22-19(23-17(16)25)21-8-13-5-14(9-21)7-15(6-13)10-21/h11,13-15,27H,2-10,12H2,1H3,(H,22,23,25)/t13?,14?,15?,20-,21?/m0/s1. The van der Waals surface area contributed by atoms with Crippen LogP contribution in [-0.2, 0) is 5.41 Å². The van der Waals surface area contributed by atoms with Gasteiger partial charge < -0.3 is 15.0 Å². The second kappa shape index (κ2) is 5.90. The van der Waals surface area contributed by atoms with Crippen molar-refractivity contribution in [3.8, 4) is 0 Å². The summed E-state index contributed by atoms with van der Waals surface area (Å²) in [7, 11) is 0. The molecule has 0 radical (unpaired) electrons. The molecule has 146 valence electrons. The maximum atomic E-state index is 12.8.